The lowest BCUT2D eigenvalue weighted by Crippen LogP contribution is -2.01. The van der Waals surface area contributed by atoms with Crippen molar-refractivity contribution < 1.29 is 19.1 Å². The molecule has 7 heteroatoms. The van der Waals surface area contributed by atoms with Gasteiger partial charge in [0, 0.05) is 5.92 Å². The summed E-state index contributed by atoms with van der Waals surface area (Å²) in [6.07, 6.45) is 2.23. The van der Waals surface area contributed by atoms with Gasteiger partial charge in [-0.15, -0.1) is 0 Å². The number of rotatable bonds is 6. The normalized spacial score (nSPS) is 14.2. The third-order valence-electron chi connectivity index (χ3n) is 3.23. The minimum atomic E-state index is -0.0647. The lowest BCUT2D eigenvalue weighted by molar-refractivity contribution is 0.263. The molecule has 1 fully saturated rings. The quantitative estimate of drug-likeness (QED) is 0.859. The molecule has 0 unspecified atom stereocenters. The van der Waals surface area contributed by atoms with Crippen molar-refractivity contribution in [3.05, 3.63) is 33.9 Å². The molecule has 1 saturated carbocycles. The van der Waals surface area contributed by atoms with E-state index in [2.05, 4.69) is 26.1 Å². The Hall–Kier alpha value is -1.60. The fourth-order valence-corrected chi connectivity index (χ4v) is 2.57. The molecule has 0 amide bonds. The van der Waals surface area contributed by atoms with Crippen LogP contribution in [-0.4, -0.2) is 22.4 Å². The van der Waals surface area contributed by atoms with Crippen molar-refractivity contribution in [1.82, 2.24) is 10.1 Å². The van der Waals surface area contributed by atoms with E-state index in [0.717, 1.165) is 18.4 Å². The molecule has 1 aromatic heterocycles. The van der Waals surface area contributed by atoms with Crippen molar-refractivity contribution in [1.29, 1.82) is 0 Å². The lowest BCUT2D eigenvalue weighted by Gasteiger charge is -2.12. The fourth-order valence-electron chi connectivity index (χ4n) is 1.96. The first-order chi connectivity index (χ1) is 10.2. The SMILES string of the molecule is COc1cc(CO)cc(Br)c1OCc1noc(C2CC2)n1. The predicted molar refractivity (Wildman–Crippen MR) is 77.2 cm³/mol. The van der Waals surface area contributed by atoms with Gasteiger partial charge in [-0.1, -0.05) is 5.16 Å². The zero-order valence-corrected chi connectivity index (χ0v) is 13.1. The second-order valence-corrected chi connectivity index (χ2v) is 5.73. The molecule has 0 atom stereocenters. The maximum absolute atomic E-state index is 9.19. The van der Waals surface area contributed by atoms with Crippen LogP contribution in [0.4, 0.5) is 0 Å². The topological polar surface area (TPSA) is 77.6 Å². The Bertz CT molecular complexity index is 640. The number of hydrogen-bond donors (Lipinski definition) is 1. The molecule has 0 radical (unpaired) electrons. The zero-order chi connectivity index (χ0) is 14.8. The molecule has 1 heterocycles. The number of hydrogen-bond acceptors (Lipinski definition) is 6. The summed E-state index contributed by atoms with van der Waals surface area (Å²) in [5, 5.41) is 13.1. The van der Waals surface area contributed by atoms with E-state index in [-0.39, 0.29) is 13.2 Å². The van der Waals surface area contributed by atoms with Crippen LogP contribution in [0.1, 0.15) is 36.0 Å². The Morgan fingerprint density at radius 1 is 1.43 bits per heavy atom. The first kappa shape index (κ1) is 14.3. The summed E-state index contributed by atoms with van der Waals surface area (Å²) >= 11 is 3.41. The van der Waals surface area contributed by atoms with Crippen LogP contribution in [0.5, 0.6) is 11.5 Å². The Morgan fingerprint density at radius 3 is 2.90 bits per heavy atom. The highest BCUT2D eigenvalue weighted by atomic mass is 79.9. The number of nitrogens with zero attached hydrogens (tertiary/aromatic N) is 2. The summed E-state index contributed by atoms with van der Waals surface area (Å²) in [6.45, 7) is 0.133. The second kappa shape index (κ2) is 6.03. The largest absolute Gasteiger partial charge is 0.493 e. The van der Waals surface area contributed by atoms with Gasteiger partial charge in [-0.05, 0) is 46.5 Å². The van der Waals surface area contributed by atoms with Gasteiger partial charge in [0.1, 0.15) is 0 Å². The molecule has 1 aromatic carbocycles. The van der Waals surface area contributed by atoms with Crippen molar-refractivity contribution in [3.63, 3.8) is 0 Å². The molecule has 21 heavy (non-hydrogen) atoms. The monoisotopic (exact) mass is 354 g/mol. The molecule has 0 bridgehead atoms. The van der Waals surface area contributed by atoms with Gasteiger partial charge in [-0.3, -0.25) is 0 Å². The summed E-state index contributed by atoms with van der Waals surface area (Å²) in [4.78, 5) is 4.31. The molecule has 0 saturated heterocycles. The molecule has 2 aromatic rings. The molecule has 112 valence electrons. The maximum atomic E-state index is 9.19. The van der Waals surface area contributed by atoms with Gasteiger partial charge in [-0.25, -0.2) is 0 Å². The van der Waals surface area contributed by atoms with E-state index in [4.69, 9.17) is 14.0 Å². The first-order valence-electron chi connectivity index (χ1n) is 6.63. The zero-order valence-electron chi connectivity index (χ0n) is 11.5. The van der Waals surface area contributed by atoms with Crippen LogP contribution in [0.2, 0.25) is 0 Å². The van der Waals surface area contributed by atoms with Gasteiger partial charge in [0.25, 0.3) is 0 Å². The predicted octanol–water partition coefficient (Wildman–Crippen LogP) is 2.79. The van der Waals surface area contributed by atoms with E-state index < -0.39 is 0 Å². The Labute approximate surface area is 130 Å². The maximum Gasteiger partial charge on any atom is 0.229 e. The Morgan fingerprint density at radius 2 is 2.24 bits per heavy atom. The minimum absolute atomic E-state index is 0.0647. The van der Waals surface area contributed by atoms with Crippen LogP contribution in [0.25, 0.3) is 0 Å². The van der Waals surface area contributed by atoms with Crippen LogP contribution >= 0.6 is 15.9 Å². The number of aromatic nitrogens is 2. The molecule has 3 rings (SSSR count). The molecule has 6 nitrogen and oxygen atoms in total. The molecular weight excluding hydrogens is 340 g/mol. The smallest absolute Gasteiger partial charge is 0.229 e. The number of halogens is 1. The lowest BCUT2D eigenvalue weighted by atomic mass is 10.2. The molecule has 1 N–H and O–H groups in total. The molecule has 1 aliphatic carbocycles. The van der Waals surface area contributed by atoms with E-state index in [1.807, 2.05) is 0 Å². The van der Waals surface area contributed by atoms with Crippen LogP contribution in [0.3, 0.4) is 0 Å². The summed E-state index contributed by atoms with van der Waals surface area (Å²) < 4.78 is 16.9. The van der Waals surface area contributed by atoms with Gasteiger partial charge < -0.3 is 19.1 Å². The molecule has 0 aliphatic heterocycles. The van der Waals surface area contributed by atoms with Gasteiger partial charge in [0.2, 0.25) is 11.7 Å². The van der Waals surface area contributed by atoms with E-state index in [1.165, 1.54) is 0 Å². The van der Waals surface area contributed by atoms with Crippen LogP contribution in [0, 0.1) is 0 Å². The van der Waals surface area contributed by atoms with Gasteiger partial charge in [-0.2, -0.15) is 4.98 Å². The minimum Gasteiger partial charge on any atom is -0.493 e. The van der Waals surface area contributed by atoms with Crippen LogP contribution in [0.15, 0.2) is 21.1 Å². The van der Waals surface area contributed by atoms with Crippen molar-refractivity contribution in [2.75, 3.05) is 7.11 Å². The van der Waals surface area contributed by atoms with Crippen LogP contribution < -0.4 is 9.47 Å². The van der Waals surface area contributed by atoms with E-state index in [0.29, 0.717) is 33.6 Å². The highest BCUT2D eigenvalue weighted by Crippen LogP contribution is 2.39. The molecule has 1 aliphatic rings. The summed E-state index contributed by atoms with van der Waals surface area (Å²) in [5.74, 6) is 2.72. The standard InChI is InChI=1S/C14H15BrN2O4/c1-19-11-5-8(6-18)4-10(15)13(11)20-7-12-16-14(21-17-12)9-2-3-9/h4-5,9,18H,2-3,6-7H2,1H3. The van der Waals surface area contributed by atoms with Crippen molar-refractivity contribution >= 4 is 15.9 Å². The third kappa shape index (κ3) is 3.19. The van der Waals surface area contributed by atoms with Crippen molar-refractivity contribution in [3.8, 4) is 11.5 Å². The van der Waals surface area contributed by atoms with Crippen LogP contribution in [-0.2, 0) is 13.2 Å². The summed E-state index contributed by atoms with van der Waals surface area (Å²) in [6, 6.07) is 3.51. The first-order valence-corrected chi connectivity index (χ1v) is 7.43. The van der Waals surface area contributed by atoms with E-state index in [9.17, 15) is 5.11 Å². The van der Waals surface area contributed by atoms with Crippen molar-refractivity contribution in [2.24, 2.45) is 0 Å². The summed E-state index contributed by atoms with van der Waals surface area (Å²) in [5.41, 5.74) is 0.738. The summed E-state index contributed by atoms with van der Waals surface area (Å²) in [7, 11) is 1.55. The van der Waals surface area contributed by atoms with Gasteiger partial charge in [0.05, 0.1) is 18.2 Å². The number of methoxy groups -OCH3 is 1. The Balaban J connectivity index is 1.74. The third-order valence-corrected chi connectivity index (χ3v) is 3.82. The van der Waals surface area contributed by atoms with E-state index in [1.54, 1.807) is 19.2 Å². The Kier molecular flexibility index (Phi) is 4.12. The van der Waals surface area contributed by atoms with E-state index >= 15 is 0 Å². The number of aliphatic hydroxyl groups is 1. The highest BCUT2D eigenvalue weighted by Gasteiger charge is 2.29. The molecular formula is C14H15BrN2O4. The second-order valence-electron chi connectivity index (χ2n) is 4.88. The number of ether oxygens (including phenoxy) is 2. The van der Waals surface area contributed by atoms with Gasteiger partial charge >= 0.3 is 0 Å². The van der Waals surface area contributed by atoms with Gasteiger partial charge in [0.15, 0.2) is 18.1 Å². The average molecular weight is 355 g/mol. The number of aliphatic hydroxyl groups excluding tert-OH is 1. The number of benzene rings is 1. The molecule has 0 spiro atoms. The fraction of sp³-hybridized carbons (Fsp3) is 0.429. The van der Waals surface area contributed by atoms with Crippen molar-refractivity contribution in [2.45, 2.75) is 32.0 Å². The average Bonchev–Trinajstić information content (AvgIpc) is 3.24. The highest BCUT2D eigenvalue weighted by molar-refractivity contribution is 9.10.